The lowest BCUT2D eigenvalue weighted by atomic mass is 9.93. The fourth-order valence-corrected chi connectivity index (χ4v) is 5.83. The van der Waals surface area contributed by atoms with Crippen LogP contribution in [0.4, 0.5) is 19.0 Å². The molecule has 4 aromatic rings. The monoisotopic (exact) mass is 571 g/mol. The molecule has 10 heteroatoms. The van der Waals surface area contributed by atoms with E-state index >= 15 is 4.39 Å². The molecule has 0 radical (unpaired) electrons. The van der Waals surface area contributed by atoms with Gasteiger partial charge < -0.3 is 20.1 Å². The maximum absolute atomic E-state index is 16.5. The minimum Gasteiger partial charge on any atom is -0.508 e. The molecule has 2 aliphatic heterocycles. The van der Waals surface area contributed by atoms with Crippen LogP contribution in [0.3, 0.4) is 0 Å². The van der Waals surface area contributed by atoms with Gasteiger partial charge in [-0.2, -0.15) is 15.2 Å². The number of terminal acetylenes is 1. The number of nitriles is 1. The summed E-state index contributed by atoms with van der Waals surface area (Å²) < 4.78 is 51.4. The van der Waals surface area contributed by atoms with E-state index in [2.05, 4.69) is 27.3 Å². The Morgan fingerprint density at radius 2 is 1.98 bits per heavy atom. The van der Waals surface area contributed by atoms with Gasteiger partial charge >= 0.3 is 6.01 Å². The number of phenols is 1. The summed E-state index contributed by atoms with van der Waals surface area (Å²) in [6.45, 7) is 2.05. The average Bonchev–Trinajstić information content (AvgIpc) is 2.94. The molecule has 0 aliphatic carbocycles. The standard InChI is InChI=1S/C32H28F3N5O2/c1-2-23-27(34)8-5-20-11-22(41)12-26(28(20)23)24-6-7-25-30(29(24)35)38-32(39-31(25)40-15-19(13-36)16-40)42-17-18-4-3-9-37-14-21(33)10-18/h1,5-8,11-12,18-19,21,37,41H,3-4,9-10,14-17H2/t18-,21-/m1/s1. The Kier molecular flexibility index (Phi) is 7.49. The number of hydrogen-bond donors (Lipinski definition) is 2. The zero-order chi connectivity index (χ0) is 29.4. The predicted octanol–water partition coefficient (Wildman–Crippen LogP) is 5.48. The summed E-state index contributed by atoms with van der Waals surface area (Å²) in [6.07, 6.45) is 6.61. The van der Waals surface area contributed by atoms with Gasteiger partial charge in [0.2, 0.25) is 0 Å². The fraction of sp³-hybridized carbons (Fsp3) is 0.344. The van der Waals surface area contributed by atoms with E-state index in [0.717, 1.165) is 19.4 Å². The molecule has 2 saturated heterocycles. The fourth-order valence-electron chi connectivity index (χ4n) is 5.83. The van der Waals surface area contributed by atoms with Gasteiger partial charge in [-0.25, -0.2) is 13.2 Å². The first-order valence-corrected chi connectivity index (χ1v) is 13.9. The van der Waals surface area contributed by atoms with Crippen LogP contribution in [-0.2, 0) is 0 Å². The van der Waals surface area contributed by atoms with E-state index in [1.165, 1.54) is 30.3 Å². The molecule has 2 N–H and O–H groups in total. The first-order chi connectivity index (χ1) is 20.4. The van der Waals surface area contributed by atoms with Gasteiger partial charge in [0, 0.05) is 36.0 Å². The zero-order valence-corrected chi connectivity index (χ0v) is 22.7. The largest absolute Gasteiger partial charge is 0.508 e. The van der Waals surface area contributed by atoms with Gasteiger partial charge in [-0.1, -0.05) is 18.1 Å². The van der Waals surface area contributed by atoms with Gasteiger partial charge in [0.25, 0.3) is 0 Å². The summed E-state index contributed by atoms with van der Waals surface area (Å²) >= 11 is 0. The Morgan fingerprint density at radius 3 is 2.76 bits per heavy atom. The lowest BCUT2D eigenvalue weighted by Gasteiger charge is -2.36. The molecule has 42 heavy (non-hydrogen) atoms. The average molecular weight is 572 g/mol. The van der Waals surface area contributed by atoms with Gasteiger partial charge in [0.15, 0.2) is 5.82 Å². The number of ether oxygens (including phenoxy) is 1. The molecule has 7 nitrogen and oxygen atoms in total. The summed E-state index contributed by atoms with van der Waals surface area (Å²) in [5.41, 5.74) is 0.198. The van der Waals surface area contributed by atoms with Crippen molar-refractivity contribution in [3.05, 3.63) is 53.6 Å². The number of aromatic nitrogens is 2. The number of nitrogens with zero attached hydrogens (tertiary/aromatic N) is 4. The maximum atomic E-state index is 16.5. The second-order valence-electron chi connectivity index (χ2n) is 10.9. The van der Waals surface area contributed by atoms with E-state index in [9.17, 15) is 19.1 Å². The molecule has 0 spiro atoms. The van der Waals surface area contributed by atoms with Crippen molar-refractivity contribution in [1.29, 1.82) is 5.26 Å². The van der Waals surface area contributed by atoms with E-state index in [1.807, 2.05) is 4.90 Å². The number of phenolic OH excluding ortho intramolecular Hbond substituents is 1. The SMILES string of the molecule is C#Cc1c(F)ccc2cc(O)cc(-c3ccc4c(N5CC(C#N)C5)nc(OC[C@@H]5CCCNC[C@H](F)C5)nc4c3F)c12. The second kappa shape index (κ2) is 11.4. The number of hydrogen-bond acceptors (Lipinski definition) is 7. The number of nitrogens with one attached hydrogen (secondary N) is 1. The zero-order valence-electron chi connectivity index (χ0n) is 22.7. The van der Waals surface area contributed by atoms with E-state index in [1.54, 1.807) is 6.07 Å². The number of rotatable bonds is 5. The second-order valence-corrected chi connectivity index (χ2v) is 10.9. The quantitative estimate of drug-likeness (QED) is 0.307. The van der Waals surface area contributed by atoms with Crippen LogP contribution >= 0.6 is 0 Å². The molecular weight excluding hydrogens is 543 g/mol. The van der Waals surface area contributed by atoms with Crippen molar-refractivity contribution >= 4 is 27.5 Å². The van der Waals surface area contributed by atoms with Gasteiger partial charge in [-0.3, -0.25) is 0 Å². The number of halogens is 3. The van der Waals surface area contributed by atoms with E-state index in [4.69, 9.17) is 11.2 Å². The van der Waals surface area contributed by atoms with Crippen LogP contribution in [-0.4, -0.2) is 54.0 Å². The molecule has 0 amide bonds. The highest BCUT2D eigenvalue weighted by Crippen LogP contribution is 2.40. The summed E-state index contributed by atoms with van der Waals surface area (Å²) in [6, 6.07) is 10.8. The van der Waals surface area contributed by atoms with E-state index < -0.39 is 17.8 Å². The smallest absolute Gasteiger partial charge is 0.319 e. The van der Waals surface area contributed by atoms with Crippen molar-refractivity contribution in [1.82, 2.24) is 15.3 Å². The number of anilines is 1. The van der Waals surface area contributed by atoms with Crippen molar-refractivity contribution in [3.8, 4) is 41.3 Å². The third-order valence-electron chi connectivity index (χ3n) is 7.98. The Hall–Kier alpha value is -4.54. The highest BCUT2D eigenvalue weighted by molar-refractivity contribution is 6.04. The molecule has 3 heterocycles. The van der Waals surface area contributed by atoms with Crippen molar-refractivity contribution in [2.45, 2.75) is 25.4 Å². The van der Waals surface area contributed by atoms with Crippen LogP contribution in [0.15, 0.2) is 36.4 Å². The molecule has 0 unspecified atom stereocenters. The van der Waals surface area contributed by atoms with Crippen molar-refractivity contribution in [3.63, 3.8) is 0 Å². The van der Waals surface area contributed by atoms with Crippen LogP contribution in [0.5, 0.6) is 11.8 Å². The predicted molar refractivity (Wildman–Crippen MR) is 154 cm³/mol. The van der Waals surface area contributed by atoms with Gasteiger partial charge in [0.1, 0.15) is 29.1 Å². The van der Waals surface area contributed by atoms with E-state index in [-0.39, 0.29) is 52.4 Å². The van der Waals surface area contributed by atoms with Gasteiger partial charge in [0.05, 0.1) is 24.2 Å². The Morgan fingerprint density at radius 1 is 1.14 bits per heavy atom. The number of benzene rings is 3. The third kappa shape index (κ3) is 5.15. The minimum absolute atomic E-state index is 0.0340. The molecule has 1 aromatic heterocycles. The van der Waals surface area contributed by atoms with Crippen LogP contribution in [0, 0.1) is 47.1 Å². The highest BCUT2D eigenvalue weighted by Gasteiger charge is 2.31. The molecule has 2 atom stereocenters. The van der Waals surface area contributed by atoms with Crippen LogP contribution in [0.1, 0.15) is 24.8 Å². The summed E-state index contributed by atoms with van der Waals surface area (Å²) in [5, 5.41) is 24.0. The third-order valence-corrected chi connectivity index (χ3v) is 7.98. The van der Waals surface area contributed by atoms with Crippen LogP contribution in [0.25, 0.3) is 32.8 Å². The molecule has 3 aromatic carbocycles. The topological polar surface area (TPSA) is 94.3 Å². The summed E-state index contributed by atoms with van der Waals surface area (Å²) in [5.74, 6) is 1.05. The van der Waals surface area contributed by atoms with E-state index in [0.29, 0.717) is 48.0 Å². The molecule has 2 aliphatic rings. The number of aromatic hydroxyl groups is 1. The molecule has 6 rings (SSSR count). The maximum Gasteiger partial charge on any atom is 0.319 e. The lowest BCUT2D eigenvalue weighted by molar-refractivity contribution is 0.166. The van der Waals surface area contributed by atoms with Crippen molar-refractivity contribution in [2.24, 2.45) is 11.8 Å². The first kappa shape index (κ1) is 27.6. The molecule has 0 bridgehead atoms. The molecule has 0 saturated carbocycles. The lowest BCUT2D eigenvalue weighted by Crippen LogP contribution is -2.46. The van der Waals surface area contributed by atoms with Crippen molar-refractivity contribution in [2.75, 3.05) is 37.7 Å². The Bertz CT molecular complexity index is 1760. The van der Waals surface area contributed by atoms with Gasteiger partial charge in [-0.15, -0.1) is 6.42 Å². The van der Waals surface area contributed by atoms with Crippen molar-refractivity contribution < 1.29 is 23.0 Å². The summed E-state index contributed by atoms with van der Waals surface area (Å²) in [4.78, 5) is 10.9. The minimum atomic E-state index is -0.995. The summed E-state index contributed by atoms with van der Waals surface area (Å²) in [7, 11) is 0. The Labute approximate surface area is 240 Å². The highest BCUT2D eigenvalue weighted by atomic mass is 19.1. The number of fused-ring (bicyclic) bond motifs is 2. The van der Waals surface area contributed by atoms with Gasteiger partial charge in [-0.05, 0) is 66.9 Å². The normalized spacial score (nSPS) is 19.5. The number of alkyl halides is 1. The van der Waals surface area contributed by atoms with Crippen LogP contribution in [0.2, 0.25) is 0 Å². The van der Waals surface area contributed by atoms with Crippen LogP contribution < -0.4 is 15.0 Å². The molecular formula is C32H28F3N5O2. The Balaban J connectivity index is 1.46. The molecule has 214 valence electrons. The molecule has 2 fully saturated rings. The first-order valence-electron chi connectivity index (χ1n) is 13.9.